The van der Waals surface area contributed by atoms with Gasteiger partial charge in [0.15, 0.2) is 0 Å². The summed E-state index contributed by atoms with van der Waals surface area (Å²) in [5, 5.41) is 11.4. The predicted molar refractivity (Wildman–Crippen MR) is 84.5 cm³/mol. The topological polar surface area (TPSA) is 93.6 Å². The molecule has 0 atom stereocenters. The molecular formula is C15H13N5O3. The van der Waals surface area contributed by atoms with Crippen LogP contribution < -0.4 is 10.5 Å². The highest BCUT2D eigenvalue weighted by molar-refractivity contribution is 5.61. The third-order valence-electron chi connectivity index (χ3n) is 3.36. The molecule has 23 heavy (non-hydrogen) atoms. The van der Waals surface area contributed by atoms with E-state index in [1.807, 2.05) is 6.07 Å². The van der Waals surface area contributed by atoms with Crippen LogP contribution >= 0.6 is 0 Å². The van der Waals surface area contributed by atoms with Crippen LogP contribution in [0.5, 0.6) is 0 Å². The highest BCUT2D eigenvalue weighted by atomic mass is 16.6. The minimum Gasteiger partial charge on any atom is -0.348 e. The predicted octanol–water partition coefficient (Wildman–Crippen LogP) is 1.63. The molecule has 8 heteroatoms. The monoisotopic (exact) mass is 311 g/mol. The summed E-state index contributed by atoms with van der Waals surface area (Å²) in [5.74, 6) is 0.0249. The summed E-state index contributed by atoms with van der Waals surface area (Å²) < 4.78 is 1.16. The van der Waals surface area contributed by atoms with Gasteiger partial charge in [-0.2, -0.15) is 0 Å². The van der Waals surface area contributed by atoms with Gasteiger partial charge in [0.05, 0.1) is 17.2 Å². The molecular weight excluding hydrogens is 298 g/mol. The summed E-state index contributed by atoms with van der Waals surface area (Å²) in [7, 11) is 1.64. The van der Waals surface area contributed by atoms with Gasteiger partial charge in [-0.25, -0.2) is 4.98 Å². The second kappa shape index (κ2) is 5.84. The summed E-state index contributed by atoms with van der Waals surface area (Å²) in [5.41, 5.74) is -0.180. The van der Waals surface area contributed by atoms with Crippen molar-refractivity contribution in [2.75, 3.05) is 11.9 Å². The number of rotatable bonds is 4. The van der Waals surface area contributed by atoms with E-state index in [-0.39, 0.29) is 5.82 Å². The molecule has 0 saturated carbocycles. The van der Waals surface area contributed by atoms with Crippen molar-refractivity contribution in [2.24, 2.45) is 0 Å². The number of pyridine rings is 2. The maximum Gasteiger partial charge on any atom is 0.376 e. The number of fused-ring (bicyclic) bond motifs is 1. The molecule has 3 aromatic rings. The van der Waals surface area contributed by atoms with Gasteiger partial charge in [-0.3, -0.25) is 24.3 Å². The van der Waals surface area contributed by atoms with E-state index in [0.717, 1.165) is 10.1 Å². The average Bonchev–Trinajstić information content (AvgIpc) is 2.55. The van der Waals surface area contributed by atoms with Crippen molar-refractivity contribution in [1.29, 1.82) is 0 Å². The quantitative estimate of drug-likeness (QED) is 0.537. The molecule has 3 rings (SSSR count). The first-order chi connectivity index (χ1) is 11.1. The molecule has 0 aliphatic heterocycles. The molecule has 0 aliphatic carbocycles. The van der Waals surface area contributed by atoms with Crippen LogP contribution in [0.1, 0.15) is 5.69 Å². The minimum absolute atomic E-state index is 0.0249. The lowest BCUT2D eigenvalue weighted by molar-refractivity contribution is -0.385. The first-order valence-electron chi connectivity index (χ1n) is 6.85. The van der Waals surface area contributed by atoms with Crippen LogP contribution in [0.15, 0.2) is 53.6 Å². The summed E-state index contributed by atoms with van der Waals surface area (Å²) >= 11 is 0. The van der Waals surface area contributed by atoms with Crippen molar-refractivity contribution in [3.63, 3.8) is 0 Å². The van der Waals surface area contributed by atoms with Gasteiger partial charge >= 0.3 is 11.2 Å². The fourth-order valence-corrected chi connectivity index (χ4v) is 2.30. The van der Waals surface area contributed by atoms with Crippen molar-refractivity contribution >= 4 is 17.2 Å². The third kappa shape index (κ3) is 2.73. The van der Waals surface area contributed by atoms with Crippen molar-refractivity contribution < 1.29 is 4.92 Å². The van der Waals surface area contributed by atoms with Gasteiger partial charge in [0.1, 0.15) is 5.65 Å². The Morgan fingerprint density at radius 3 is 2.74 bits per heavy atom. The zero-order valence-electron chi connectivity index (χ0n) is 12.3. The zero-order chi connectivity index (χ0) is 16.4. The van der Waals surface area contributed by atoms with Crippen LogP contribution in [0.25, 0.3) is 5.65 Å². The van der Waals surface area contributed by atoms with Gasteiger partial charge in [-0.15, -0.1) is 0 Å². The molecule has 116 valence electrons. The van der Waals surface area contributed by atoms with E-state index in [2.05, 4.69) is 9.97 Å². The van der Waals surface area contributed by atoms with E-state index in [1.54, 1.807) is 48.5 Å². The maximum atomic E-state index is 12.4. The van der Waals surface area contributed by atoms with Crippen molar-refractivity contribution in [1.82, 2.24) is 14.4 Å². The Morgan fingerprint density at radius 2 is 2.04 bits per heavy atom. The molecule has 0 saturated heterocycles. The van der Waals surface area contributed by atoms with E-state index < -0.39 is 16.2 Å². The molecule has 0 aliphatic rings. The van der Waals surface area contributed by atoms with Crippen LogP contribution in [0.2, 0.25) is 0 Å². The average molecular weight is 311 g/mol. The van der Waals surface area contributed by atoms with Crippen LogP contribution in [0.3, 0.4) is 0 Å². The Bertz CT molecular complexity index is 923. The third-order valence-corrected chi connectivity index (χ3v) is 3.36. The van der Waals surface area contributed by atoms with Gasteiger partial charge in [-0.05, 0) is 24.3 Å². The number of hydrogen-bond acceptors (Lipinski definition) is 6. The fraction of sp³-hybridized carbons (Fsp3) is 0.133. The Morgan fingerprint density at radius 1 is 1.26 bits per heavy atom. The SMILES string of the molecule is CN(Cc1ccccn1)c1nc2ccccn2c(=O)c1[N+](=O)[O-]. The lowest BCUT2D eigenvalue weighted by Gasteiger charge is -2.17. The number of anilines is 1. The number of nitrogens with zero attached hydrogens (tertiary/aromatic N) is 5. The highest BCUT2D eigenvalue weighted by Crippen LogP contribution is 2.22. The summed E-state index contributed by atoms with van der Waals surface area (Å²) in [6.07, 6.45) is 3.10. The van der Waals surface area contributed by atoms with Crippen LogP contribution in [0.4, 0.5) is 11.5 Å². The van der Waals surface area contributed by atoms with Crippen molar-refractivity contribution in [2.45, 2.75) is 6.54 Å². The van der Waals surface area contributed by atoms with Gasteiger partial charge in [-0.1, -0.05) is 12.1 Å². The van der Waals surface area contributed by atoms with E-state index >= 15 is 0 Å². The van der Waals surface area contributed by atoms with Crippen molar-refractivity contribution in [3.05, 3.63) is 75.0 Å². The van der Waals surface area contributed by atoms with Crippen LogP contribution in [-0.2, 0) is 6.54 Å². The zero-order valence-corrected chi connectivity index (χ0v) is 12.3. The lowest BCUT2D eigenvalue weighted by atomic mass is 10.3. The first kappa shape index (κ1) is 14.6. The lowest BCUT2D eigenvalue weighted by Crippen LogP contribution is -2.26. The first-order valence-corrected chi connectivity index (χ1v) is 6.85. The van der Waals surface area contributed by atoms with Gasteiger partial charge in [0.25, 0.3) is 0 Å². The van der Waals surface area contributed by atoms with E-state index in [0.29, 0.717) is 12.2 Å². The van der Waals surface area contributed by atoms with E-state index in [1.165, 1.54) is 6.20 Å². The Labute approximate surface area is 130 Å². The summed E-state index contributed by atoms with van der Waals surface area (Å²) in [4.78, 5) is 33.0. The molecule has 0 spiro atoms. The minimum atomic E-state index is -0.705. The molecule has 3 heterocycles. The second-order valence-electron chi connectivity index (χ2n) is 4.95. The largest absolute Gasteiger partial charge is 0.376 e. The number of nitro groups is 1. The molecule has 0 radical (unpaired) electrons. The smallest absolute Gasteiger partial charge is 0.348 e. The number of hydrogen-bond donors (Lipinski definition) is 0. The molecule has 8 nitrogen and oxygen atoms in total. The normalized spacial score (nSPS) is 10.7. The fourth-order valence-electron chi connectivity index (χ4n) is 2.30. The molecule has 0 N–H and O–H groups in total. The highest BCUT2D eigenvalue weighted by Gasteiger charge is 2.26. The Hall–Kier alpha value is -3.29. The van der Waals surface area contributed by atoms with Crippen LogP contribution in [-0.4, -0.2) is 26.3 Å². The summed E-state index contributed by atoms with van der Waals surface area (Å²) in [6.45, 7) is 0.303. The van der Waals surface area contributed by atoms with Gasteiger partial charge in [0.2, 0.25) is 5.82 Å². The van der Waals surface area contributed by atoms with E-state index in [9.17, 15) is 14.9 Å². The van der Waals surface area contributed by atoms with Crippen molar-refractivity contribution in [3.8, 4) is 0 Å². The molecule has 0 unspecified atom stereocenters. The molecule has 0 amide bonds. The molecule has 3 aromatic heterocycles. The molecule has 0 fully saturated rings. The Kier molecular flexibility index (Phi) is 3.71. The van der Waals surface area contributed by atoms with Gasteiger partial charge < -0.3 is 4.90 Å². The number of aromatic nitrogens is 3. The maximum absolute atomic E-state index is 12.4. The van der Waals surface area contributed by atoms with E-state index in [4.69, 9.17) is 0 Å². The van der Waals surface area contributed by atoms with Crippen LogP contribution in [0, 0.1) is 10.1 Å². The molecule has 0 aromatic carbocycles. The Balaban J connectivity index is 2.14. The molecule has 0 bridgehead atoms. The van der Waals surface area contributed by atoms with Gasteiger partial charge in [0, 0.05) is 19.4 Å². The second-order valence-corrected chi connectivity index (χ2v) is 4.95. The standard InChI is InChI=1S/C15H13N5O3/c1-18(10-11-6-2-4-8-16-11)14-13(20(22)23)15(21)19-9-5-3-7-12(19)17-14/h2-9H,10H2,1H3. The summed E-state index contributed by atoms with van der Waals surface area (Å²) in [6, 6.07) is 10.4.